The quantitative estimate of drug-likeness (QED) is 0.755. The van der Waals surface area contributed by atoms with Gasteiger partial charge in [-0.25, -0.2) is 13.4 Å². The fraction of sp³-hybridized carbons (Fsp3) is 0.727. The van der Waals surface area contributed by atoms with E-state index in [0.29, 0.717) is 26.2 Å². The number of sulfonamides is 1. The Morgan fingerprint density at radius 3 is 2.61 bits per heavy atom. The highest BCUT2D eigenvalue weighted by Gasteiger charge is 2.25. The average Bonchev–Trinajstić information content (AvgIpc) is 2.83. The zero-order chi connectivity index (χ0) is 13.6. The van der Waals surface area contributed by atoms with Crippen molar-refractivity contribution in [3.63, 3.8) is 0 Å². The van der Waals surface area contributed by atoms with E-state index >= 15 is 0 Å². The molecule has 0 aromatic carbocycles. The molecule has 1 heterocycles. The first-order chi connectivity index (χ1) is 8.56. The molecule has 0 spiro atoms. The summed E-state index contributed by atoms with van der Waals surface area (Å²) in [4.78, 5) is 3.96. The van der Waals surface area contributed by atoms with E-state index in [1.54, 1.807) is 10.8 Å². The Hall–Kier alpha value is -0.920. The Balaban J connectivity index is 2.92. The first-order valence-corrected chi connectivity index (χ1v) is 7.72. The van der Waals surface area contributed by atoms with Gasteiger partial charge < -0.3 is 10.3 Å². The lowest BCUT2D eigenvalue weighted by molar-refractivity contribution is 0.408. The summed E-state index contributed by atoms with van der Waals surface area (Å²) < 4.78 is 27.9. The molecule has 1 aromatic heterocycles. The summed E-state index contributed by atoms with van der Waals surface area (Å²) in [5.74, 6) is 0. The van der Waals surface area contributed by atoms with Crippen molar-refractivity contribution in [1.82, 2.24) is 13.9 Å². The number of unbranched alkanes of at least 4 members (excludes halogenated alkanes) is 1. The second kappa shape index (κ2) is 6.86. The van der Waals surface area contributed by atoms with E-state index in [0.717, 1.165) is 12.8 Å². The molecule has 6 nitrogen and oxygen atoms in total. The Kier molecular flexibility index (Phi) is 5.77. The zero-order valence-electron chi connectivity index (χ0n) is 11.0. The van der Waals surface area contributed by atoms with Gasteiger partial charge in [-0.05, 0) is 13.3 Å². The molecule has 0 fully saturated rings. The Morgan fingerprint density at radius 1 is 1.39 bits per heavy atom. The molecular formula is C11H22N4O2S. The second-order valence-electron chi connectivity index (χ2n) is 4.09. The fourth-order valence-corrected chi connectivity index (χ4v) is 3.04. The third-order valence-electron chi connectivity index (χ3n) is 2.72. The Morgan fingerprint density at radius 2 is 2.11 bits per heavy atom. The topological polar surface area (TPSA) is 81.2 Å². The summed E-state index contributed by atoms with van der Waals surface area (Å²) in [6, 6.07) is 0. The molecule has 0 bridgehead atoms. The predicted octanol–water partition coefficient (Wildman–Crippen LogP) is 0.653. The van der Waals surface area contributed by atoms with Gasteiger partial charge in [0.05, 0.1) is 6.33 Å². The van der Waals surface area contributed by atoms with Gasteiger partial charge in [0, 0.05) is 32.4 Å². The van der Waals surface area contributed by atoms with Gasteiger partial charge in [0.2, 0.25) is 0 Å². The van der Waals surface area contributed by atoms with Crippen molar-refractivity contribution < 1.29 is 8.42 Å². The van der Waals surface area contributed by atoms with Crippen molar-refractivity contribution in [2.45, 2.75) is 38.3 Å². The summed E-state index contributed by atoms with van der Waals surface area (Å²) in [6.07, 6.45) is 4.87. The lowest BCUT2D eigenvalue weighted by atomic mass is 10.3. The molecule has 2 N–H and O–H groups in total. The van der Waals surface area contributed by atoms with E-state index < -0.39 is 10.0 Å². The summed E-state index contributed by atoms with van der Waals surface area (Å²) in [5, 5.41) is 0.105. The van der Waals surface area contributed by atoms with Crippen molar-refractivity contribution >= 4 is 10.0 Å². The normalized spacial score (nSPS) is 12.2. The molecule has 0 saturated carbocycles. The van der Waals surface area contributed by atoms with Crippen LogP contribution in [0.1, 0.15) is 26.7 Å². The number of rotatable bonds is 8. The van der Waals surface area contributed by atoms with Gasteiger partial charge in [0.1, 0.15) is 0 Å². The number of nitrogens with zero attached hydrogens (tertiary/aromatic N) is 3. The first-order valence-electron chi connectivity index (χ1n) is 6.28. The van der Waals surface area contributed by atoms with Crippen molar-refractivity contribution in [3.05, 3.63) is 12.5 Å². The van der Waals surface area contributed by atoms with Gasteiger partial charge in [-0.15, -0.1) is 0 Å². The van der Waals surface area contributed by atoms with Crippen molar-refractivity contribution in [3.8, 4) is 0 Å². The maximum atomic E-state index is 12.4. The zero-order valence-corrected chi connectivity index (χ0v) is 11.9. The van der Waals surface area contributed by atoms with Crippen LogP contribution in [-0.2, 0) is 16.6 Å². The van der Waals surface area contributed by atoms with Crippen LogP contribution in [0.15, 0.2) is 17.6 Å². The van der Waals surface area contributed by atoms with Crippen LogP contribution in [0, 0.1) is 0 Å². The third-order valence-corrected chi connectivity index (χ3v) is 4.50. The third kappa shape index (κ3) is 3.54. The molecule has 0 radical (unpaired) electrons. The second-order valence-corrected chi connectivity index (χ2v) is 5.97. The molecule has 0 aliphatic carbocycles. The van der Waals surface area contributed by atoms with Gasteiger partial charge in [-0.3, -0.25) is 0 Å². The van der Waals surface area contributed by atoms with Crippen LogP contribution in [0.2, 0.25) is 0 Å². The van der Waals surface area contributed by atoms with Crippen LogP contribution < -0.4 is 5.73 Å². The van der Waals surface area contributed by atoms with Gasteiger partial charge in [0.15, 0.2) is 5.03 Å². The van der Waals surface area contributed by atoms with Crippen molar-refractivity contribution in [2.24, 2.45) is 5.73 Å². The summed E-state index contributed by atoms with van der Waals surface area (Å²) in [6.45, 7) is 5.81. The van der Waals surface area contributed by atoms with Crippen LogP contribution in [0.25, 0.3) is 0 Å². The minimum atomic E-state index is -3.50. The smallest absolute Gasteiger partial charge is 0.262 e. The number of hydrogen-bond donors (Lipinski definition) is 1. The number of imidazole rings is 1. The van der Waals surface area contributed by atoms with Gasteiger partial charge in [-0.1, -0.05) is 13.3 Å². The van der Waals surface area contributed by atoms with Gasteiger partial charge in [-0.2, -0.15) is 4.31 Å². The molecule has 0 amide bonds. The lowest BCUT2D eigenvalue weighted by Crippen LogP contribution is -2.36. The maximum Gasteiger partial charge on any atom is 0.262 e. The summed E-state index contributed by atoms with van der Waals surface area (Å²) in [7, 11) is -3.50. The summed E-state index contributed by atoms with van der Waals surface area (Å²) in [5.41, 5.74) is 5.48. The van der Waals surface area contributed by atoms with E-state index in [4.69, 9.17) is 5.73 Å². The molecule has 1 rings (SSSR count). The monoisotopic (exact) mass is 274 g/mol. The highest BCUT2D eigenvalue weighted by molar-refractivity contribution is 7.89. The number of hydrogen-bond acceptors (Lipinski definition) is 4. The molecule has 7 heteroatoms. The van der Waals surface area contributed by atoms with Crippen LogP contribution >= 0.6 is 0 Å². The van der Waals surface area contributed by atoms with E-state index in [1.165, 1.54) is 10.6 Å². The van der Waals surface area contributed by atoms with E-state index in [9.17, 15) is 8.42 Å². The van der Waals surface area contributed by atoms with Gasteiger partial charge in [0.25, 0.3) is 10.0 Å². The molecule has 1 aromatic rings. The molecule has 0 unspecified atom stereocenters. The van der Waals surface area contributed by atoms with Crippen LogP contribution in [0.3, 0.4) is 0 Å². The number of aryl methyl sites for hydroxylation is 1. The van der Waals surface area contributed by atoms with E-state index in [-0.39, 0.29) is 5.03 Å². The molecule has 0 aliphatic rings. The predicted molar refractivity (Wildman–Crippen MR) is 70.6 cm³/mol. The fourth-order valence-electron chi connectivity index (χ4n) is 1.61. The van der Waals surface area contributed by atoms with Crippen molar-refractivity contribution in [2.75, 3.05) is 19.6 Å². The molecule has 104 valence electrons. The molecule has 18 heavy (non-hydrogen) atoms. The first kappa shape index (κ1) is 15.1. The minimum Gasteiger partial charge on any atom is -0.336 e. The number of aromatic nitrogens is 2. The van der Waals surface area contributed by atoms with Crippen LogP contribution in [0.4, 0.5) is 0 Å². The highest BCUT2D eigenvalue weighted by Crippen LogP contribution is 2.13. The molecular weight excluding hydrogens is 252 g/mol. The van der Waals surface area contributed by atoms with E-state index in [2.05, 4.69) is 4.98 Å². The molecule has 0 saturated heterocycles. The lowest BCUT2D eigenvalue weighted by Gasteiger charge is -2.19. The average molecular weight is 274 g/mol. The maximum absolute atomic E-state index is 12.4. The highest BCUT2D eigenvalue weighted by atomic mass is 32.2. The Labute approximate surface area is 109 Å². The standard InChI is InChI=1S/C11H22N4O2S/c1-3-5-7-15(8-6-12)18(16,17)11-9-14(4-2)10-13-11/h9-10H,3-8,12H2,1-2H3. The van der Waals surface area contributed by atoms with Crippen molar-refractivity contribution in [1.29, 1.82) is 0 Å². The molecule has 0 aliphatic heterocycles. The Bertz CT molecular complexity index is 455. The minimum absolute atomic E-state index is 0.105. The summed E-state index contributed by atoms with van der Waals surface area (Å²) >= 11 is 0. The largest absolute Gasteiger partial charge is 0.336 e. The van der Waals surface area contributed by atoms with Crippen LogP contribution in [-0.4, -0.2) is 41.9 Å². The molecule has 0 atom stereocenters. The van der Waals surface area contributed by atoms with E-state index in [1.807, 2.05) is 13.8 Å². The number of nitrogens with two attached hydrogens (primary N) is 1. The van der Waals surface area contributed by atoms with Crippen LogP contribution in [0.5, 0.6) is 0 Å². The SMILES string of the molecule is CCCCN(CCN)S(=O)(=O)c1cn(CC)cn1. The van der Waals surface area contributed by atoms with Gasteiger partial charge >= 0.3 is 0 Å².